The van der Waals surface area contributed by atoms with Crippen LogP contribution >= 0.6 is 0 Å². The first-order valence-corrected chi connectivity index (χ1v) is 5.14. The number of anilines is 1. The quantitative estimate of drug-likeness (QED) is 0.755. The normalized spacial score (nSPS) is 14.7. The van der Waals surface area contributed by atoms with Gasteiger partial charge < -0.3 is 9.88 Å². The highest BCUT2D eigenvalue weighted by Gasteiger charge is 2.14. The summed E-state index contributed by atoms with van der Waals surface area (Å²) in [5.41, 5.74) is 0.937. The number of hydrogen-bond acceptors (Lipinski definition) is 3. The molecule has 3 rings (SSSR count). The van der Waals surface area contributed by atoms with Crippen LogP contribution in [0.5, 0.6) is 0 Å². The van der Waals surface area contributed by atoms with E-state index in [-0.39, 0.29) is 0 Å². The first-order valence-electron chi connectivity index (χ1n) is 5.14. The first kappa shape index (κ1) is 8.52. The highest BCUT2D eigenvalue weighted by molar-refractivity contribution is 5.56. The molecule has 0 radical (unpaired) electrons. The highest BCUT2D eigenvalue weighted by atomic mass is 15.3. The third-order valence-corrected chi connectivity index (χ3v) is 2.68. The maximum absolute atomic E-state index is 4.52. The van der Waals surface area contributed by atoms with E-state index in [2.05, 4.69) is 21.5 Å². The average Bonchev–Trinajstić information content (AvgIpc) is 2.82. The van der Waals surface area contributed by atoms with Crippen molar-refractivity contribution >= 4 is 5.82 Å². The van der Waals surface area contributed by atoms with E-state index in [9.17, 15) is 0 Å². The molecule has 2 aromatic rings. The summed E-state index contributed by atoms with van der Waals surface area (Å²) in [6.45, 7) is 2.03. The number of rotatable bonds is 1. The minimum atomic E-state index is 0.915. The largest absolute Gasteiger partial charge is 0.370 e. The summed E-state index contributed by atoms with van der Waals surface area (Å²) in [4.78, 5) is 4.29. The van der Waals surface area contributed by atoms with Gasteiger partial charge in [0.25, 0.3) is 0 Å². The molecule has 1 aliphatic rings. The van der Waals surface area contributed by atoms with Crippen molar-refractivity contribution in [2.45, 2.75) is 13.0 Å². The van der Waals surface area contributed by atoms with Crippen LogP contribution in [0.1, 0.15) is 6.42 Å². The van der Waals surface area contributed by atoms with Gasteiger partial charge in [0.05, 0.1) is 0 Å². The molecule has 3 heterocycles. The summed E-state index contributed by atoms with van der Waals surface area (Å²) < 4.78 is 3.99. The topological polar surface area (TPSA) is 47.7 Å². The maximum atomic E-state index is 4.52. The van der Waals surface area contributed by atoms with Crippen LogP contribution in [0.25, 0.3) is 11.5 Å². The number of aryl methyl sites for hydroxylation is 2. The molecule has 0 bridgehead atoms. The zero-order chi connectivity index (χ0) is 10.3. The Hall–Kier alpha value is -1.78. The molecule has 0 spiro atoms. The Balaban J connectivity index is 2.06. The minimum Gasteiger partial charge on any atom is -0.370 e. The molecule has 0 saturated carbocycles. The summed E-state index contributed by atoms with van der Waals surface area (Å²) in [6, 6.07) is 2.06. The number of nitrogens with zero attached hydrogens (tertiary/aromatic N) is 4. The van der Waals surface area contributed by atoms with Gasteiger partial charge in [-0.15, -0.1) is 0 Å². The molecule has 5 nitrogen and oxygen atoms in total. The fraction of sp³-hybridized carbons (Fsp3) is 0.400. The Morgan fingerprint density at radius 1 is 1.47 bits per heavy atom. The van der Waals surface area contributed by atoms with Crippen molar-refractivity contribution in [1.82, 2.24) is 19.3 Å². The van der Waals surface area contributed by atoms with Crippen LogP contribution in [0, 0.1) is 0 Å². The van der Waals surface area contributed by atoms with Gasteiger partial charge in [0, 0.05) is 38.6 Å². The molecule has 1 aliphatic heterocycles. The summed E-state index contributed by atoms with van der Waals surface area (Å²) in [6.07, 6.45) is 4.86. The van der Waals surface area contributed by atoms with Crippen LogP contribution in [0.3, 0.4) is 0 Å². The Morgan fingerprint density at radius 3 is 3.13 bits per heavy atom. The van der Waals surface area contributed by atoms with Crippen molar-refractivity contribution in [3.63, 3.8) is 0 Å². The van der Waals surface area contributed by atoms with Gasteiger partial charge in [-0.05, 0) is 6.42 Å². The molecule has 0 atom stereocenters. The van der Waals surface area contributed by atoms with Crippen LogP contribution in [0.15, 0.2) is 18.5 Å². The fourth-order valence-electron chi connectivity index (χ4n) is 1.90. The molecule has 2 aromatic heterocycles. The Kier molecular flexibility index (Phi) is 1.77. The zero-order valence-electron chi connectivity index (χ0n) is 8.64. The second-order valence-electron chi connectivity index (χ2n) is 3.78. The van der Waals surface area contributed by atoms with E-state index < -0.39 is 0 Å². The molecule has 1 N–H and O–H groups in total. The third kappa shape index (κ3) is 1.31. The molecule has 0 saturated heterocycles. The fourth-order valence-corrected chi connectivity index (χ4v) is 1.90. The summed E-state index contributed by atoms with van der Waals surface area (Å²) in [5, 5.41) is 7.85. The van der Waals surface area contributed by atoms with Crippen LogP contribution in [-0.4, -0.2) is 25.9 Å². The molecule has 0 fully saturated rings. The highest BCUT2D eigenvalue weighted by Crippen LogP contribution is 2.22. The van der Waals surface area contributed by atoms with Crippen molar-refractivity contribution in [2.24, 2.45) is 7.05 Å². The number of fused-ring (bicyclic) bond motifs is 1. The van der Waals surface area contributed by atoms with Crippen LogP contribution in [-0.2, 0) is 13.6 Å². The lowest BCUT2D eigenvalue weighted by molar-refractivity contribution is 0.568. The van der Waals surface area contributed by atoms with Crippen molar-refractivity contribution in [3.05, 3.63) is 18.5 Å². The van der Waals surface area contributed by atoms with Crippen LogP contribution in [0.2, 0.25) is 0 Å². The standard InChI is InChI=1S/C10H13N5/c1-14-6-4-12-10(14)8-7-9-11-3-2-5-15(9)13-8/h4,6-7,11H,2-3,5H2,1H3. The molecular formula is C10H13N5. The number of hydrogen-bond donors (Lipinski definition) is 1. The van der Waals surface area contributed by atoms with Crippen molar-refractivity contribution in [2.75, 3.05) is 11.9 Å². The third-order valence-electron chi connectivity index (χ3n) is 2.68. The molecular weight excluding hydrogens is 190 g/mol. The number of imidazole rings is 1. The van der Waals surface area contributed by atoms with E-state index in [1.54, 1.807) is 6.20 Å². The lowest BCUT2D eigenvalue weighted by Gasteiger charge is -2.14. The summed E-state index contributed by atoms with van der Waals surface area (Å²) in [7, 11) is 1.98. The lowest BCUT2D eigenvalue weighted by Crippen LogP contribution is -2.17. The van der Waals surface area contributed by atoms with Crippen molar-refractivity contribution in [1.29, 1.82) is 0 Å². The molecule has 0 aromatic carbocycles. The Labute approximate surface area is 87.7 Å². The van der Waals surface area contributed by atoms with E-state index in [0.717, 1.165) is 36.8 Å². The van der Waals surface area contributed by atoms with Crippen molar-refractivity contribution < 1.29 is 0 Å². The molecule has 5 heteroatoms. The smallest absolute Gasteiger partial charge is 0.160 e. The lowest BCUT2D eigenvalue weighted by atomic mass is 10.3. The van der Waals surface area contributed by atoms with Gasteiger partial charge in [-0.3, -0.25) is 0 Å². The van der Waals surface area contributed by atoms with Crippen LogP contribution < -0.4 is 5.32 Å². The van der Waals surface area contributed by atoms with Gasteiger partial charge in [-0.1, -0.05) is 0 Å². The maximum Gasteiger partial charge on any atom is 0.160 e. The van der Waals surface area contributed by atoms with Crippen LogP contribution in [0.4, 0.5) is 5.82 Å². The van der Waals surface area contributed by atoms with Gasteiger partial charge >= 0.3 is 0 Å². The Bertz CT molecular complexity index is 458. The first-order chi connectivity index (χ1) is 7.34. The molecule has 0 unspecified atom stereocenters. The van der Waals surface area contributed by atoms with Crippen molar-refractivity contribution in [3.8, 4) is 11.5 Å². The molecule has 15 heavy (non-hydrogen) atoms. The number of aromatic nitrogens is 4. The van der Waals surface area contributed by atoms with Gasteiger partial charge in [0.15, 0.2) is 5.82 Å². The number of nitrogens with one attached hydrogen (secondary N) is 1. The summed E-state index contributed by atoms with van der Waals surface area (Å²) in [5.74, 6) is 2.01. The average molecular weight is 203 g/mol. The Morgan fingerprint density at radius 2 is 2.40 bits per heavy atom. The predicted molar refractivity (Wildman–Crippen MR) is 57.5 cm³/mol. The molecule has 0 amide bonds. The van der Waals surface area contributed by atoms with Gasteiger partial charge in [-0.2, -0.15) is 5.10 Å². The monoisotopic (exact) mass is 203 g/mol. The van der Waals surface area contributed by atoms with E-state index in [4.69, 9.17) is 0 Å². The molecule has 0 aliphatic carbocycles. The predicted octanol–water partition coefficient (Wildman–Crippen LogP) is 1.10. The van der Waals surface area contributed by atoms with Gasteiger partial charge in [0.1, 0.15) is 11.5 Å². The van der Waals surface area contributed by atoms with E-state index in [0.29, 0.717) is 0 Å². The second kappa shape index (κ2) is 3.12. The SMILES string of the molecule is Cn1ccnc1-c1cc2n(n1)CCCN2. The minimum absolute atomic E-state index is 0.915. The molecule has 78 valence electrons. The van der Waals surface area contributed by atoms with Gasteiger partial charge in [0.2, 0.25) is 0 Å². The summed E-state index contributed by atoms with van der Waals surface area (Å²) >= 11 is 0. The van der Waals surface area contributed by atoms with E-state index in [1.165, 1.54) is 0 Å². The van der Waals surface area contributed by atoms with E-state index >= 15 is 0 Å². The van der Waals surface area contributed by atoms with E-state index in [1.807, 2.05) is 22.5 Å². The second-order valence-corrected chi connectivity index (χ2v) is 3.78. The zero-order valence-corrected chi connectivity index (χ0v) is 8.64. The van der Waals surface area contributed by atoms with Gasteiger partial charge in [-0.25, -0.2) is 9.67 Å².